The predicted octanol–water partition coefficient (Wildman–Crippen LogP) is 5.09. The molecule has 1 aromatic carbocycles. The van der Waals surface area contributed by atoms with Crippen molar-refractivity contribution >= 4 is 23.2 Å². The Morgan fingerprint density at radius 1 is 1.00 bits per heavy atom. The number of carbonyl (C=O) groups excluding carboxylic acids is 2. The Bertz CT molecular complexity index is 1390. The fraction of sp³-hybridized carbons (Fsp3) is 0.484. The highest BCUT2D eigenvalue weighted by molar-refractivity contribution is 7.13. The number of aromatic nitrogens is 1. The number of fused-ring (bicyclic) bond motifs is 3. The standard InChI is InChI=1S/C31H37N3O5S/c1-20(2)39-27-19-22-21(17-26(27)37-3)9-12-34-24(18-23(29(22)34)28-8-5-16-40-28)30(35)32-10-6-11-33(14-13-32)31(36)25-7-4-15-38-25/h5,8,16-20,25H,4,6-7,9-15H2,1-3H3. The van der Waals surface area contributed by atoms with E-state index in [1.165, 1.54) is 5.56 Å². The molecule has 0 saturated carbocycles. The SMILES string of the molecule is COc1cc2c(cc1OC(C)C)-c1c(-c3cccs3)cc(C(=O)N3CCCN(C(=O)C4CCCO4)CC3)n1CC2. The summed E-state index contributed by atoms with van der Waals surface area (Å²) in [7, 11) is 1.67. The van der Waals surface area contributed by atoms with Crippen molar-refractivity contribution in [1.29, 1.82) is 0 Å². The van der Waals surface area contributed by atoms with Crippen LogP contribution >= 0.6 is 11.3 Å². The molecule has 5 heterocycles. The second-order valence-electron chi connectivity index (χ2n) is 11.0. The average molecular weight is 564 g/mol. The van der Waals surface area contributed by atoms with Gasteiger partial charge >= 0.3 is 0 Å². The molecule has 0 bridgehead atoms. The zero-order chi connectivity index (χ0) is 27.8. The van der Waals surface area contributed by atoms with Crippen LogP contribution in [0.3, 0.4) is 0 Å². The maximum Gasteiger partial charge on any atom is 0.270 e. The summed E-state index contributed by atoms with van der Waals surface area (Å²) in [4.78, 5) is 32.0. The molecule has 1 unspecified atom stereocenters. The number of methoxy groups -OCH3 is 1. The molecule has 0 aliphatic carbocycles. The lowest BCUT2D eigenvalue weighted by molar-refractivity contribution is -0.140. The zero-order valence-electron chi connectivity index (χ0n) is 23.5. The third-order valence-electron chi connectivity index (χ3n) is 8.01. The van der Waals surface area contributed by atoms with E-state index in [0.29, 0.717) is 50.8 Å². The molecule has 6 rings (SSSR count). The van der Waals surface area contributed by atoms with Gasteiger partial charge < -0.3 is 28.6 Å². The monoisotopic (exact) mass is 563 g/mol. The Labute approximate surface area is 239 Å². The number of nitrogens with zero attached hydrogens (tertiary/aromatic N) is 3. The van der Waals surface area contributed by atoms with Crippen molar-refractivity contribution in [3.05, 3.63) is 47.0 Å². The number of thiophene rings is 1. The third kappa shape index (κ3) is 5.01. The minimum absolute atomic E-state index is 0.00551. The number of hydrogen-bond donors (Lipinski definition) is 0. The van der Waals surface area contributed by atoms with Crippen molar-refractivity contribution in [3.63, 3.8) is 0 Å². The third-order valence-corrected chi connectivity index (χ3v) is 8.92. The van der Waals surface area contributed by atoms with E-state index in [1.807, 2.05) is 29.7 Å². The van der Waals surface area contributed by atoms with Gasteiger partial charge in [0.15, 0.2) is 11.5 Å². The molecule has 212 valence electrons. The van der Waals surface area contributed by atoms with Crippen LogP contribution < -0.4 is 9.47 Å². The van der Waals surface area contributed by atoms with Gasteiger partial charge in [0.2, 0.25) is 0 Å². The molecular weight excluding hydrogens is 526 g/mol. The minimum atomic E-state index is -0.323. The highest BCUT2D eigenvalue weighted by Crippen LogP contribution is 2.45. The fourth-order valence-electron chi connectivity index (χ4n) is 6.11. The van der Waals surface area contributed by atoms with Crippen molar-refractivity contribution in [2.75, 3.05) is 39.9 Å². The molecule has 3 aliphatic heterocycles. The summed E-state index contributed by atoms with van der Waals surface area (Å²) in [6, 6.07) is 10.4. The number of ether oxygens (including phenoxy) is 3. The average Bonchev–Trinajstić information content (AvgIpc) is 3.70. The number of aryl methyl sites for hydroxylation is 1. The number of carbonyl (C=O) groups is 2. The van der Waals surface area contributed by atoms with E-state index in [0.717, 1.165) is 53.1 Å². The lowest BCUT2D eigenvalue weighted by Crippen LogP contribution is -2.42. The molecule has 3 aliphatic rings. The summed E-state index contributed by atoms with van der Waals surface area (Å²) < 4.78 is 19.6. The van der Waals surface area contributed by atoms with Crippen LogP contribution in [0.4, 0.5) is 0 Å². The second kappa shape index (κ2) is 11.3. The van der Waals surface area contributed by atoms with Gasteiger partial charge in [-0.25, -0.2) is 0 Å². The largest absolute Gasteiger partial charge is 0.493 e. The van der Waals surface area contributed by atoms with Gasteiger partial charge in [-0.2, -0.15) is 0 Å². The molecule has 3 aromatic rings. The molecule has 2 fully saturated rings. The zero-order valence-corrected chi connectivity index (χ0v) is 24.3. The Kier molecular flexibility index (Phi) is 7.59. The molecule has 2 saturated heterocycles. The minimum Gasteiger partial charge on any atom is -0.493 e. The van der Waals surface area contributed by atoms with Crippen molar-refractivity contribution in [3.8, 4) is 33.2 Å². The molecule has 2 aromatic heterocycles. The van der Waals surface area contributed by atoms with Crippen LogP contribution in [0.2, 0.25) is 0 Å². The fourth-order valence-corrected chi connectivity index (χ4v) is 6.86. The smallest absolute Gasteiger partial charge is 0.270 e. The van der Waals surface area contributed by atoms with E-state index in [1.54, 1.807) is 18.4 Å². The Morgan fingerprint density at radius 2 is 1.82 bits per heavy atom. The van der Waals surface area contributed by atoms with E-state index in [9.17, 15) is 9.59 Å². The maximum absolute atomic E-state index is 14.1. The summed E-state index contributed by atoms with van der Waals surface area (Å²) in [5, 5.41) is 2.07. The number of rotatable bonds is 6. The molecule has 8 nitrogen and oxygen atoms in total. The van der Waals surface area contributed by atoms with Crippen LogP contribution in [0.1, 0.15) is 49.2 Å². The van der Waals surface area contributed by atoms with Gasteiger partial charge in [0.05, 0.1) is 18.9 Å². The van der Waals surface area contributed by atoms with Crippen LogP contribution in [0, 0.1) is 0 Å². The summed E-state index contributed by atoms with van der Waals surface area (Å²) in [5.74, 6) is 1.52. The first-order valence-electron chi connectivity index (χ1n) is 14.3. The first-order chi connectivity index (χ1) is 19.4. The van der Waals surface area contributed by atoms with E-state index < -0.39 is 0 Å². The normalized spacial score (nSPS) is 18.9. The van der Waals surface area contributed by atoms with Gasteiger partial charge in [-0.1, -0.05) is 6.07 Å². The summed E-state index contributed by atoms with van der Waals surface area (Å²) >= 11 is 1.68. The Hall–Kier alpha value is -3.30. The first kappa shape index (κ1) is 26.9. The van der Waals surface area contributed by atoms with E-state index in [2.05, 4.69) is 34.2 Å². The number of hydrogen-bond acceptors (Lipinski definition) is 6. The van der Waals surface area contributed by atoms with Gasteiger partial charge in [-0.05, 0) is 74.7 Å². The van der Waals surface area contributed by atoms with Gasteiger partial charge in [0.25, 0.3) is 11.8 Å². The Balaban J connectivity index is 1.34. The first-order valence-corrected chi connectivity index (χ1v) is 15.2. The van der Waals surface area contributed by atoms with Crippen molar-refractivity contribution in [2.24, 2.45) is 0 Å². The van der Waals surface area contributed by atoms with Gasteiger partial charge in [-0.15, -0.1) is 11.3 Å². The molecule has 0 N–H and O–H groups in total. The van der Waals surface area contributed by atoms with Gasteiger partial charge in [0, 0.05) is 55.3 Å². The molecule has 1 atom stereocenters. The topological polar surface area (TPSA) is 73.2 Å². The highest BCUT2D eigenvalue weighted by Gasteiger charge is 2.33. The quantitative estimate of drug-likeness (QED) is 0.418. The Morgan fingerprint density at radius 3 is 2.55 bits per heavy atom. The predicted molar refractivity (Wildman–Crippen MR) is 155 cm³/mol. The summed E-state index contributed by atoms with van der Waals surface area (Å²) in [5.41, 5.74) is 5.08. The van der Waals surface area contributed by atoms with E-state index in [4.69, 9.17) is 14.2 Å². The van der Waals surface area contributed by atoms with Crippen LogP contribution in [0.25, 0.3) is 21.7 Å². The maximum atomic E-state index is 14.1. The van der Waals surface area contributed by atoms with Crippen LogP contribution in [0.15, 0.2) is 35.7 Å². The molecular formula is C31H37N3O5S. The van der Waals surface area contributed by atoms with E-state index >= 15 is 0 Å². The van der Waals surface area contributed by atoms with E-state index in [-0.39, 0.29) is 24.0 Å². The number of benzene rings is 1. The van der Waals surface area contributed by atoms with Crippen LogP contribution in [-0.4, -0.2) is 78.3 Å². The van der Waals surface area contributed by atoms with Crippen molar-refractivity contribution in [1.82, 2.24) is 14.4 Å². The lowest BCUT2D eigenvalue weighted by Gasteiger charge is -2.26. The molecule has 0 spiro atoms. The highest BCUT2D eigenvalue weighted by atomic mass is 32.1. The van der Waals surface area contributed by atoms with Crippen molar-refractivity contribution in [2.45, 2.75) is 58.3 Å². The van der Waals surface area contributed by atoms with Crippen molar-refractivity contribution < 1.29 is 23.8 Å². The summed E-state index contributed by atoms with van der Waals surface area (Å²) in [6.45, 7) is 7.71. The van der Waals surface area contributed by atoms with Crippen LogP contribution in [-0.2, 0) is 22.5 Å². The molecule has 2 amide bonds. The summed E-state index contributed by atoms with van der Waals surface area (Å²) in [6.07, 6.45) is 2.96. The van der Waals surface area contributed by atoms with Crippen LogP contribution in [0.5, 0.6) is 11.5 Å². The molecule has 0 radical (unpaired) electrons. The van der Waals surface area contributed by atoms with Gasteiger partial charge in [0.1, 0.15) is 11.8 Å². The molecule has 9 heteroatoms. The molecule has 40 heavy (non-hydrogen) atoms. The lowest BCUT2D eigenvalue weighted by atomic mass is 9.95. The second-order valence-corrected chi connectivity index (χ2v) is 11.9. The van der Waals surface area contributed by atoms with Gasteiger partial charge in [-0.3, -0.25) is 9.59 Å². The number of amides is 2.